The van der Waals surface area contributed by atoms with Gasteiger partial charge in [0.15, 0.2) is 0 Å². The first-order valence-electron chi connectivity index (χ1n) is 7.19. The first kappa shape index (κ1) is 13.5. The molecular formula is C16H24N2S. The molecule has 1 aromatic carbocycles. The van der Waals surface area contributed by atoms with Crippen molar-refractivity contribution in [2.45, 2.75) is 38.9 Å². The van der Waals surface area contributed by atoms with Gasteiger partial charge in [-0.15, -0.1) is 0 Å². The van der Waals surface area contributed by atoms with Crippen LogP contribution in [-0.2, 0) is 13.1 Å². The van der Waals surface area contributed by atoms with Crippen LogP contribution in [0.2, 0.25) is 0 Å². The molecule has 0 amide bonds. The van der Waals surface area contributed by atoms with E-state index in [1.165, 1.54) is 29.1 Å². The predicted octanol–water partition coefficient (Wildman–Crippen LogP) is 2.86. The van der Waals surface area contributed by atoms with Crippen LogP contribution in [-0.4, -0.2) is 28.5 Å². The summed E-state index contributed by atoms with van der Waals surface area (Å²) in [7, 11) is 0. The zero-order valence-corrected chi connectivity index (χ0v) is 12.8. The maximum Gasteiger partial charge on any atom is 0.0479 e. The first-order valence-corrected chi connectivity index (χ1v) is 8.34. The summed E-state index contributed by atoms with van der Waals surface area (Å²) < 4.78 is 0. The van der Waals surface area contributed by atoms with E-state index in [0.29, 0.717) is 5.41 Å². The van der Waals surface area contributed by atoms with Crippen molar-refractivity contribution in [1.29, 1.82) is 0 Å². The Morgan fingerprint density at radius 3 is 2.37 bits per heavy atom. The SMILES string of the molecule is CC1(C)CCSCC1(CN)N1Cc2ccccc2C1. The van der Waals surface area contributed by atoms with E-state index in [1.807, 2.05) is 0 Å². The van der Waals surface area contributed by atoms with E-state index in [1.54, 1.807) is 0 Å². The smallest absolute Gasteiger partial charge is 0.0479 e. The second-order valence-corrected chi connectivity index (χ2v) is 7.65. The third-order valence-corrected chi connectivity index (χ3v) is 6.43. The van der Waals surface area contributed by atoms with Gasteiger partial charge in [0, 0.05) is 30.9 Å². The molecule has 104 valence electrons. The van der Waals surface area contributed by atoms with Crippen LogP contribution >= 0.6 is 11.8 Å². The van der Waals surface area contributed by atoms with E-state index in [0.717, 1.165) is 19.6 Å². The molecule has 2 aliphatic rings. The highest BCUT2D eigenvalue weighted by Crippen LogP contribution is 2.47. The van der Waals surface area contributed by atoms with Gasteiger partial charge in [-0.3, -0.25) is 4.90 Å². The number of hydrogen-bond acceptors (Lipinski definition) is 3. The van der Waals surface area contributed by atoms with Crippen LogP contribution < -0.4 is 5.73 Å². The molecule has 1 atom stereocenters. The topological polar surface area (TPSA) is 29.3 Å². The average molecular weight is 276 g/mol. The highest BCUT2D eigenvalue weighted by Gasteiger charge is 2.51. The Labute approximate surface area is 120 Å². The molecule has 3 rings (SSSR count). The van der Waals surface area contributed by atoms with Crippen molar-refractivity contribution in [1.82, 2.24) is 4.90 Å². The van der Waals surface area contributed by atoms with Crippen LogP contribution in [0.4, 0.5) is 0 Å². The van der Waals surface area contributed by atoms with Gasteiger partial charge >= 0.3 is 0 Å². The molecule has 2 N–H and O–H groups in total. The Morgan fingerprint density at radius 2 is 1.84 bits per heavy atom. The second-order valence-electron chi connectivity index (χ2n) is 6.55. The zero-order valence-electron chi connectivity index (χ0n) is 12.0. The number of fused-ring (bicyclic) bond motifs is 1. The van der Waals surface area contributed by atoms with E-state index < -0.39 is 0 Å². The van der Waals surface area contributed by atoms with Crippen LogP contribution in [0.1, 0.15) is 31.4 Å². The summed E-state index contributed by atoms with van der Waals surface area (Å²) in [4.78, 5) is 2.64. The van der Waals surface area contributed by atoms with Crippen molar-refractivity contribution in [3.63, 3.8) is 0 Å². The summed E-state index contributed by atoms with van der Waals surface area (Å²) in [5, 5.41) is 0. The van der Waals surface area contributed by atoms with Gasteiger partial charge in [-0.2, -0.15) is 11.8 Å². The maximum atomic E-state index is 6.27. The fourth-order valence-corrected chi connectivity index (χ4v) is 5.44. The van der Waals surface area contributed by atoms with Crippen LogP contribution in [0.15, 0.2) is 24.3 Å². The van der Waals surface area contributed by atoms with Gasteiger partial charge < -0.3 is 5.73 Å². The van der Waals surface area contributed by atoms with Crippen molar-refractivity contribution in [2.24, 2.45) is 11.1 Å². The molecule has 0 bridgehead atoms. The normalized spacial score (nSPS) is 30.3. The molecule has 0 aliphatic carbocycles. The zero-order chi connectivity index (χ0) is 13.5. The number of hydrogen-bond donors (Lipinski definition) is 1. The summed E-state index contributed by atoms with van der Waals surface area (Å²) >= 11 is 2.07. The standard InChI is InChI=1S/C16H24N2S/c1-15(2)7-8-19-12-16(15,11-17)18-9-13-5-3-4-6-14(13)10-18/h3-6H,7-12,17H2,1-2H3. The van der Waals surface area contributed by atoms with E-state index in [2.05, 4.69) is 54.8 Å². The molecule has 0 aromatic heterocycles. The van der Waals surface area contributed by atoms with Gasteiger partial charge in [0.05, 0.1) is 0 Å². The molecule has 1 saturated heterocycles. The van der Waals surface area contributed by atoms with Crippen LogP contribution in [0.25, 0.3) is 0 Å². The highest BCUT2D eigenvalue weighted by molar-refractivity contribution is 7.99. The molecule has 0 spiro atoms. The van der Waals surface area contributed by atoms with Gasteiger partial charge in [0.25, 0.3) is 0 Å². The molecule has 1 aromatic rings. The van der Waals surface area contributed by atoms with Gasteiger partial charge in [-0.1, -0.05) is 38.1 Å². The molecule has 1 unspecified atom stereocenters. The molecule has 3 heteroatoms. The van der Waals surface area contributed by atoms with E-state index in [4.69, 9.17) is 5.73 Å². The van der Waals surface area contributed by atoms with Crippen molar-refractivity contribution in [3.8, 4) is 0 Å². The summed E-state index contributed by atoms with van der Waals surface area (Å²) in [6, 6.07) is 8.83. The van der Waals surface area contributed by atoms with Crippen molar-refractivity contribution < 1.29 is 0 Å². The quantitative estimate of drug-likeness (QED) is 0.900. The monoisotopic (exact) mass is 276 g/mol. The molecule has 2 nitrogen and oxygen atoms in total. The lowest BCUT2D eigenvalue weighted by Gasteiger charge is -2.54. The van der Waals surface area contributed by atoms with Crippen LogP contribution in [0, 0.1) is 5.41 Å². The van der Waals surface area contributed by atoms with E-state index in [-0.39, 0.29) is 5.54 Å². The fourth-order valence-electron chi connectivity index (χ4n) is 3.62. The lowest BCUT2D eigenvalue weighted by molar-refractivity contribution is -0.00220. The maximum absolute atomic E-state index is 6.27. The van der Waals surface area contributed by atoms with Crippen LogP contribution in [0.3, 0.4) is 0 Å². The van der Waals surface area contributed by atoms with E-state index >= 15 is 0 Å². The highest BCUT2D eigenvalue weighted by atomic mass is 32.2. The average Bonchev–Trinajstić information content (AvgIpc) is 2.82. The number of nitrogens with zero attached hydrogens (tertiary/aromatic N) is 1. The third kappa shape index (κ3) is 2.03. The van der Waals surface area contributed by atoms with Crippen LogP contribution in [0.5, 0.6) is 0 Å². The second kappa shape index (κ2) is 4.80. The molecular weight excluding hydrogens is 252 g/mol. The fraction of sp³-hybridized carbons (Fsp3) is 0.625. The summed E-state index contributed by atoms with van der Waals surface area (Å²) in [5.41, 5.74) is 9.70. The van der Waals surface area contributed by atoms with Gasteiger partial charge in [0.2, 0.25) is 0 Å². The van der Waals surface area contributed by atoms with Crippen molar-refractivity contribution in [3.05, 3.63) is 35.4 Å². The Balaban J connectivity index is 1.92. The largest absolute Gasteiger partial charge is 0.329 e. The molecule has 2 heterocycles. The Morgan fingerprint density at radius 1 is 1.21 bits per heavy atom. The lowest BCUT2D eigenvalue weighted by Crippen LogP contribution is -2.64. The molecule has 0 radical (unpaired) electrons. The number of rotatable bonds is 2. The number of thioether (sulfide) groups is 1. The molecule has 1 fully saturated rings. The number of nitrogens with two attached hydrogens (primary N) is 1. The van der Waals surface area contributed by atoms with E-state index in [9.17, 15) is 0 Å². The molecule has 0 saturated carbocycles. The Bertz CT molecular complexity index is 447. The molecule has 19 heavy (non-hydrogen) atoms. The van der Waals surface area contributed by atoms with Crippen molar-refractivity contribution in [2.75, 3.05) is 18.1 Å². The Hall–Kier alpha value is -0.510. The third-order valence-electron chi connectivity index (χ3n) is 5.26. The van der Waals surface area contributed by atoms with Crippen molar-refractivity contribution >= 4 is 11.8 Å². The van der Waals surface area contributed by atoms with Gasteiger partial charge in [-0.25, -0.2) is 0 Å². The summed E-state index contributed by atoms with van der Waals surface area (Å²) in [6.45, 7) is 7.71. The summed E-state index contributed by atoms with van der Waals surface area (Å²) in [6.07, 6.45) is 1.27. The minimum atomic E-state index is 0.148. The minimum Gasteiger partial charge on any atom is -0.329 e. The summed E-state index contributed by atoms with van der Waals surface area (Å²) in [5.74, 6) is 2.44. The predicted molar refractivity (Wildman–Crippen MR) is 83.2 cm³/mol. The van der Waals surface area contributed by atoms with Gasteiger partial charge in [-0.05, 0) is 28.7 Å². The first-order chi connectivity index (χ1) is 9.09. The Kier molecular flexibility index (Phi) is 3.40. The molecule has 2 aliphatic heterocycles. The minimum absolute atomic E-state index is 0.148. The lowest BCUT2D eigenvalue weighted by atomic mass is 9.69. The van der Waals surface area contributed by atoms with Gasteiger partial charge in [0.1, 0.15) is 0 Å². The number of benzene rings is 1.